The number of morpholine rings is 1. The minimum Gasteiger partial charge on any atom is -0.497 e. The lowest BCUT2D eigenvalue weighted by Crippen LogP contribution is -2.40. The number of anilines is 1. The van der Waals surface area contributed by atoms with Crippen molar-refractivity contribution >= 4 is 43.9 Å². The smallest absolute Gasteiger partial charge is 0.256 e. The number of rotatable bonds is 6. The first-order valence-electron chi connectivity index (χ1n) is 11.0. The second-order valence-electron chi connectivity index (χ2n) is 7.88. The summed E-state index contributed by atoms with van der Waals surface area (Å²) in [4.78, 5) is 19.2. The summed E-state index contributed by atoms with van der Waals surface area (Å²) < 4.78 is 38.9. The van der Waals surface area contributed by atoms with E-state index in [4.69, 9.17) is 14.5 Å². The van der Waals surface area contributed by atoms with Crippen molar-refractivity contribution in [2.75, 3.05) is 38.7 Å². The number of nitrogens with one attached hydrogen (secondary N) is 1. The van der Waals surface area contributed by atoms with Gasteiger partial charge in [-0.2, -0.15) is 4.31 Å². The zero-order chi connectivity index (χ0) is 24.4. The molecule has 0 unspecified atom stereocenters. The molecule has 0 radical (unpaired) electrons. The van der Waals surface area contributed by atoms with E-state index in [1.165, 1.54) is 28.8 Å². The molecule has 1 N–H and O–H groups in total. The van der Waals surface area contributed by atoms with Crippen LogP contribution in [-0.4, -0.2) is 57.0 Å². The van der Waals surface area contributed by atoms with Gasteiger partial charge in [0.1, 0.15) is 10.6 Å². The number of sulfonamides is 1. The van der Waals surface area contributed by atoms with E-state index in [2.05, 4.69) is 5.32 Å². The number of carbonyl (C=O) groups excluding carboxylic acids is 1. The summed E-state index contributed by atoms with van der Waals surface area (Å²) in [5.41, 5.74) is 1.95. The molecule has 4 aromatic rings. The number of aromatic nitrogens is 1. The van der Waals surface area contributed by atoms with Crippen LogP contribution in [0.25, 0.3) is 21.5 Å². The Hall–Kier alpha value is -3.31. The fourth-order valence-electron chi connectivity index (χ4n) is 3.98. The second-order valence-corrected chi connectivity index (χ2v) is 10.7. The van der Waals surface area contributed by atoms with Crippen LogP contribution in [0.1, 0.15) is 10.4 Å². The number of hydrogen-bond donors (Lipinski definition) is 1. The highest BCUT2D eigenvalue weighted by Gasteiger charge is 2.30. The zero-order valence-electron chi connectivity index (χ0n) is 18.9. The summed E-state index contributed by atoms with van der Waals surface area (Å²) in [5, 5.41) is 5.46. The molecule has 5 rings (SSSR count). The van der Waals surface area contributed by atoms with Crippen LogP contribution in [0, 0.1) is 0 Å². The van der Waals surface area contributed by atoms with E-state index in [1.807, 2.05) is 41.8 Å². The van der Waals surface area contributed by atoms with E-state index in [-0.39, 0.29) is 23.7 Å². The highest BCUT2D eigenvalue weighted by atomic mass is 32.2. The van der Waals surface area contributed by atoms with Crippen molar-refractivity contribution in [2.24, 2.45) is 0 Å². The van der Waals surface area contributed by atoms with Gasteiger partial charge in [0.05, 0.1) is 47.7 Å². The lowest BCUT2D eigenvalue weighted by atomic mass is 10.1. The highest BCUT2D eigenvalue weighted by Crippen LogP contribution is 2.32. The Morgan fingerprint density at radius 1 is 1.09 bits per heavy atom. The summed E-state index contributed by atoms with van der Waals surface area (Å²) >= 11 is 1.53. The van der Waals surface area contributed by atoms with Crippen molar-refractivity contribution in [1.82, 2.24) is 9.29 Å². The van der Waals surface area contributed by atoms with Gasteiger partial charge in [-0.3, -0.25) is 4.79 Å². The van der Waals surface area contributed by atoms with Crippen molar-refractivity contribution in [3.8, 4) is 16.3 Å². The van der Waals surface area contributed by atoms with Gasteiger partial charge in [0.15, 0.2) is 0 Å². The summed E-state index contributed by atoms with van der Waals surface area (Å²) in [6.07, 6.45) is 0. The van der Waals surface area contributed by atoms with E-state index in [9.17, 15) is 13.2 Å². The molecule has 1 aliphatic rings. The van der Waals surface area contributed by atoms with Crippen LogP contribution in [-0.2, 0) is 14.8 Å². The molecule has 2 aromatic carbocycles. The largest absolute Gasteiger partial charge is 0.497 e. The Labute approximate surface area is 207 Å². The van der Waals surface area contributed by atoms with Crippen LogP contribution in [0.15, 0.2) is 70.9 Å². The maximum atomic E-state index is 13.6. The zero-order valence-corrected chi connectivity index (χ0v) is 20.6. The Morgan fingerprint density at radius 2 is 1.89 bits per heavy atom. The number of nitrogens with zero attached hydrogens (tertiary/aromatic N) is 2. The van der Waals surface area contributed by atoms with Crippen molar-refractivity contribution in [3.05, 3.63) is 71.6 Å². The van der Waals surface area contributed by atoms with E-state index in [0.717, 1.165) is 4.88 Å². The number of hydrogen-bond acceptors (Lipinski definition) is 7. The molecule has 3 heterocycles. The van der Waals surface area contributed by atoms with Crippen LogP contribution in [0.2, 0.25) is 0 Å². The predicted octanol–water partition coefficient (Wildman–Crippen LogP) is 4.25. The summed E-state index contributed by atoms with van der Waals surface area (Å²) in [6, 6.07) is 17.6. The van der Waals surface area contributed by atoms with Crippen LogP contribution in [0.3, 0.4) is 0 Å². The maximum Gasteiger partial charge on any atom is 0.256 e. The first kappa shape index (κ1) is 23.4. The summed E-state index contributed by atoms with van der Waals surface area (Å²) in [6.45, 7) is 1.12. The van der Waals surface area contributed by atoms with Crippen molar-refractivity contribution in [2.45, 2.75) is 4.90 Å². The van der Waals surface area contributed by atoms with Gasteiger partial charge in [-0.15, -0.1) is 11.3 Å². The van der Waals surface area contributed by atoms with Crippen molar-refractivity contribution in [3.63, 3.8) is 0 Å². The average Bonchev–Trinajstić information content (AvgIpc) is 3.44. The van der Waals surface area contributed by atoms with Gasteiger partial charge in [0.25, 0.3) is 5.91 Å². The molecule has 1 amide bonds. The molecule has 10 heteroatoms. The fourth-order valence-corrected chi connectivity index (χ4v) is 6.23. The Morgan fingerprint density at radius 3 is 2.63 bits per heavy atom. The van der Waals surface area contributed by atoms with Gasteiger partial charge in [-0.05, 0) is 35.7 Å². The first-order valence-corrected chi connectivity index (χ1v) is 13.3. The van der Waals surface area contributed by atoms with Crippen LogP contribution < -0.4 is 10.1 Å². The third-order valence-electron chi connectivity index (χ3n) is 5.76. The van der Waals surface area contributed by atoms with Gasteiger partial charge in [0, 0.05) is 24.5 Å². The third kappa shape index (κ3) is 4.65. The number of thiophene rings is 1. The molecule has 35 heavy (non-hydrogen) atoms. The minimum atomic E-state index is -3.89. The van der Waals surface area contributed by atoms with Crippen molar-refractivity contribution in [1.29, 1.82) is 0 Å². The lowest BCUT2D eigenvalue weighted by Gasteiger charge is -2.27. The Kier molecular flexibility index (Phi) is 6.52. The van der Waals surface area contributed by atoms with Gasteiger partial charge in [0.2, 0.25) is 10.0 Å². The molecule has 0 bridgehead atoms. The molecule has 1 aliphatic heterocycles. The topological polar surface area (TPSA) is 97.8 Å². The molecule has 1 fully saturated rings. The summed E-state index contributed by atoms with van der Waals surface area (Å²) in [7, 11) is -2.43. The average molecular weight is 510 g/mol. The molecule has 0 atom stereocenters. The molecular formula is C25H23N3O5S2. The maximum absolute atomic E-state index is 13.6. The number of carbonyl (C=O) groups is 1. The number of fused-ring (bicyclic) bond motifs is 1. The number of benzene rings is 2. The quantitative estimate of drug-likeness (QED) is 0.417. The molecule has 2 aromatic heterocycles. The van der Waals surface area contributed by atoms with Gasteiger partial charge in [-0.1, -0.05) is 24.3 Å². The number of amides is 1. The van der Waals surface area contributed by atoms with Crippen LogP contribution >= 0.6 is 11.3 Å². The number of methoxy groups -OCH3 is 1. The normalized spacial score (nSPS) is 14.7. The minimum absolute atomic E-state index is 0.0241. The SMILES string of the molecule is COc1ccc(NC(=O)c2cc(-c3cccs3)nc3ccccc23)c(S(=O)(=O)N2CCOCC2)c1. The van der Waals surface area contributed by atoms with Crippen LogP contribution in [0.4, 0.5) is 5.69 Å². The Bertz CT molecular complexity index is 1480. The highest BCUT2D eigenvalue weighted by molar-refractivity contribution is 7.89. The molecule has 0 aliphatic carbocycles. The molecule has 1 saturated heterocycles. The van der Waals surface area contributed by atoms with E-state index >= 15 is 0 Å². The molecule has 0 saturated carbocycles. The lowest BCUT2D eigenvalue weighted by molar-refractivity contribution is 0.0730. The predicted molar refractivity (Wildman–Crippen MR) is 136 cm³/mol. The monoisotopic (exact) mass is 509 g/mol. The second kappa shape index (κ2) is 9.74. The molecule has 180 valence electrons. The number of ether oxygens (including phenoxy) is 2. The number of para-hydroxylation sites is 1. The summed E-state index contributed by atoms with van der Waals surface area (Å²) in [5.74, 6) is -0.0471. The third-order valence-corrected chi connectivity index (χ3v) is 8.59. The van der Waals surface area contributed by atoms with Crippen LogP contribution in [0.5, 0.6) is 5.75 Å². The van der Waals surface area contributed by atoms with Gasteiger partial charge >= 0.3 is 0 Å². The van der Waals surface area contributed by atoms with E-state index in [0.29, 0.717) is 41.1 Å². The molecule has 8 nitrogen and oxygen atoms in total. The molecular weight excluding hydrogens is 486 g/mol. The number of pyridine rings is 1. The van der Waals surface area contributed by atoms with Gasteiger partial charge < -0.3 is 14.8 Å². The Balaban J connectivity index is 1.57. The fraction of sp³-hybridized carbons (Fsp3) is 0.200. The van der Waals surface area contributed by atoms with E-state index < -0.39 is 15.9 Å². The van der Waals surface area contributed by atoms with Gasteiger partial charge in [-0.25, -0.2) is 13.4 Å². The first-order chi connectivity index (χ1) is 17.0. The van der Waals surface area contributed by atoms with E-state index in [1.54, 1.807) is 18.2 Å². The van der Waals surface area contributed by atoms with Crippen molar-refractivity contribution < 1.29 is 22.7 Å². The standard InChI is InChI=1S/C25H23N3O5S2/c1-32-17-8-9-21(24(15-17)35(30,31)28-10-12-33-13-11-28)27-25(29)19-16-22(23-7-4-14-34-23)26-20-6-3-2-5-18(19)20/h2-9,14-16H,10-13H2,1H3,(H,27,29). The molecule has 0 spiro atoms.